The molecular formula is C11H15NO3S2. The Morgan fingerprint density at radius 3 is 2.94 bits per heavy atom. The molecule has 0 aliphatic carbocycles. The number of nitrogens with one attached hydrogen (secondary N) is 1. The fourth-order valence-corrected chi connectivity index (χ4v) is 3.11. The molecule has 0 aromatic carbocycles. The van der Waals surface area contributed by atoms with E-state index in [9.17, 15) is 8.42 Å². The molecular weight excluding hydrogens is 258 g/mol. The quantitative estimate of drug-likeness (QED) is 0.784. The Morgan fingerprint density at radius 2 is 2.29 bits per heavy atom. The summed E-state index contributed by atoms with van der Waals surface area (Å²) in [5.41, 5.74) is 0.800. The van der Waals surface area contributed by atoms with Gasteiger partial charge in [0.25, 0.3) is 0 Å². The Hall–Kier alpha value is -0.870. The first kappa shape index (κ1) is 14.2. The van der Waals surface area contributed by atoms with Gasteiger partial charge in [0.2, 0.25) is 10.0 Å². The Labute approximate surface area is 106 Å². The highest BCUT2D eigenvalue weighted by Crippen LogP contribution is 2.13. The highest BCUT2D eigenvalue weighted by molar-refractivity contribution is 7.89. The molecule has 0 amide bonds. The van der Waals surface area contributed by atoms with Gasteiger partial charge in [-0.15, -0.1) is 11.3 Å². The molecule has 2 N–H and O–H groups in total. The maximum absolute atomic E-state index is 11.4. The Morgan fingerprint density at radius 1 is 1.53 bits per heavy atom. The number of aliphatic hydroxyl groups is 1. The molecule has 0 saturated carbocycles. The first-order chi connectivity index (χ1) is 8.07. The molecule has 0 aliphatic heterocycles. The second kappa shape index (κ2) is 6.77. The van der Waals surface area contributed by atoms with Crippen LogP contribution in [-0.2, 0) is 16.6 Å². The summed E-state index contributed by atoms with van der Waals surface area (Å²) in [7, 11) is -3.16. The lowest BCUT2D eigenvalue weighted by Gasteiger charge is -2.02. The maximum Gasteiger partial charge on any atom is 0.211 e. The molecule has 0 radical (unpaired) electrons. The number of aliphatic hydroxyl groups excluding tert-OH is 1. The van der Waals surface area contributed by atoms with Crippen LogP contribution in [0.15, 0.2) is 11.4 Å². The van der Waals surface area contributed by atoms with Gasteiger partial charge in [0.1, 0.15) is 6.61 Å². The van der Waals surface area contributed by atoms with Crippen molar-refractivity contribution in [1.82, 2.24) is 4.72 Å². The van der Waals surface area contributed by atoms with E-state index in [1.54, 1.807) is 0 Å². The van der Waals surface area contributed by atoms with E-state index < -0.39 is 10.0 Å². The van der Waals surface area contributed by atoms with Crippen LogP contribution in [0, 0.1) is 11.8 Å². The number of rotatable bonds is 5. The van der Waals surface area contributed by atoms with Crippen LogP contribution in [-0.4, -0.2) is 25.9 Å². The molecule has 0 unspecified atom stereocenters. The Kier molecular flexibility index (Phi) is 5.65. The van der Waals surface area contributed by atoms with Gasteiger partial charge < -0.3 is 5.11 Å². The normalized spacial score (nSPS) is 10.9. The molecule has 4 nitrogen and oxygen atoms in total. The van der Waals surface area contributed by atoms with E-state index in [4.69, 9.17) is 5.11 Å². The predicted molar refractivity (Wildman–Crippen MR) is 69.2 cm³/mol. The average molecular weight is 273 g/mol. The van der Waals surface area contributed by atoms with Crippen LogP contribution < -0.4 is 4.72 Å². The van der Waals surface area contributed by atoms with Crippen LogP contribution in [0.1, 0.15) is 23.8 Å². The zero-order chi connectivity index (χ0) is 12.7. The monoisotopic (exact) mass is 273 g/mol. The van der Waals surface area contributed by atoms with Gasteiger partial charge in [-0.05, 0) is 12.5 Å². The number of hydrogen-bond acceptors (Lipinski definition) is 4. The SMILES string of the molecule is CCCS(=O)(=O)NCc1cc(C#CCO)cs1. The number of hydrogen-bond donors (Lipinski definition) is 2. The molecule has 17 heavy (non-hydrogen) atoms. The van der Waals surface area contributed by atoms with Crippen molar-refractivity contribution in [2.24, 2.45) is 0 Å². The first-order valence-electron chi connectivity index (χ1n) is 5.22. The van der Waals surface area contributed by atoms with Gasteiger partial charge in [-0.1, -0.05) is 18.8 Å². The molecule has 94 valence electrons. The minimum atomic E-state index is -3.16. The topological polar surface area (TPSA) is 66.4 Å². The second-order valence-electron chi connectivity index (χ2n) is 3.40. The molecule has 6 heteroatoms. The second-order valence-corrected chi connectivity index (χ2v) is 6.32. The first-order valence-corrected chi connectivity index (χ1v) is 7.75. The summed E-state index contributed by atoms with van der Waals surface area (Å²) in [5.74, 6) is 5.46. The van der Waals surface area contributed by atoms with Gasteiger partial charge in [0, 0.05) is 22.4 Å². The third-order valence-electron chi connectivity index (χ3n) is 1.90. The van der Waals surface area contributed by atoms with Gasteiger partial charge in [-0.3, -0.25) is 0 Å². The van der Waals surface area contributed by atoms with E-state index in [0.29, 0.717) is 13.0 Å². The molecule has 1 rings (SSSR count). The van der Waals surface area contributed by atoms with Crippen LogP contribution in [0.2, 0.25) is 0 Å². The summed E-state index contributed by atoms with van der Waals surface area (Å²) < 4.78 is 25.4. The molecule has 1 heterocycles. The maximum atomic E-state index is 11.4. The smallest absolute Gasteiger partial charge is 0.211 e. The van der Waals surface area contributed by atoms with Crippen LogP contribution in [0.3, 0.4) is 0 Å². The van der Waals surface area contributed by atoms with E-state index >= 15 is 0 Å². The van der Waals surface area contributed by atoms with Crippen LogP contribution in [0.25, 0.3) is 0 Å². The summed E-state index contributed by atoms with van der Waals surface area (Å²) >= 11 is 1.45. The highest BCUT2D eigenvalue weighted by Gasteiger charge is 2.08. The van der Waals surface area contributed by atoms with E-state index in [0.717, 1.165) is 10.4 Å². The lowest BCUT2D eigenvalue weighted by atomic mass is 10.3. The zero-order valence-corrected chi connectivity index (χ0v) is 11.2. The third-order valence-corrected chi connectivity index (χ3v) is 4.37. The molecule has 0 atom stereocenters. The summed E-state index contributed by atoms with van der Waals surface area (Å²) in [5, 5.41) is 10.4. The van der Waals surface area contributed by atoms with E-state index in [1.165, 1.54) is 11.3 Å². The van der Waals surface area contributed by atoms with Crippen molar-refractivity contribution in [3.63, 3.8) is 0 Å². The van der Waals surface area contributed by atoms with Crippen molar-refractivity contribution >= 4 is 21.4 Å². The van der Waals surface area contributed by atoms with Gasteiger partial charge in [-0.25, -0.2) is 13.1 Å². The van der Waals surface area contributed by atoms with Crippen LogP contribution in [0.4, 0.5) is 0 Å². The van der Waals surface area contributed by atoms with Crippen molar-refractivity contribution < 1.29 is 13.5 Å². The minimum absolute atomic E-state index is 0.148. The van der Waals surface area contributed by atoms with Crippen molar-refractivity contribution in [1.29, 1.82) is 0 Å². The Bertz CT molecular complexity index is 508. The average Bonchev–Trinajstić information content (AvgIpc) is 2.72. The van der Waals surface area contributed by atoms with Crippen LogP contribution >= 0.6 is 11.3 Å². The predicted octanol–water partition coefficient (Wildman–Crippen LogP) is 0.921. The molecule has 0 saturated heterocycles. The molecule has 0 bridgehead atoms. The minimum Gasteiger partial charge on any atom is -0.384 e. The van der Waals surface area contributed by atoms with Gasteiger partial charge in [-0.2, -0.15) is 0 Å². The lowest BCUT2D eigenvalue weighted by Crippen LogP contribution is -2.25. The van der Waals surface area contributed by atoms with E-state index in [2.05, 4.69) is 16.6 Å². The Balaban J connectivity index is 2.56. The van der Waals surface area contributed by atoms with Gasteiger partial charge >= 0.3 is 0 Å². The summed E-state index contributed by atoms with van der Waals surface area (Å²) in [4.78, 5) is 0.909. The van der Waals surface area contributed by atoms with Crippen molar-refractivity contribution in [3.8, 4) is 11.8 Å². The van der Waals surface area contributed by atoms with Crippen molar-refractivity contribution in [3.05, 3.63) is 21.9 Å². The van der Waals surface area contributed by atoms with Gasteiger partial charge in [0.05, 0.1) is 5.75 Å². The fraction of sp³-hybridized carbons (Fsp3) is 0.455. The van der Waals surface area contributed by atoms with E-state index in [1.807, 2.05) is 18.4 Å². The molecule has 0 aliphatic rings. The van der Waals surface area contributed by atoms with Crippen molar-refractivity contribution in [2.45, 2.75) is 19.9 Å². The summed E-state index contributed by atoms with van der Waals surface area (Å²) in [6, 6.07) is 1.82. The largest absolute Gasteiger partial charge is 0.384 e. The van der Waals surface area contributed by atoms with Crippen molar-refractivity contribution in [2.75, 3.05) is 12.4 Å². The summed E-state index contributed by atoms with van der Waals surface area (Å²) in [6.07, 6.45) is 0.604. The number of thiophene rings is 1. The number of sulfonamides is 1. The zero-order valence-electron chi connectivity index (χ0n) is 9.56. The molecule has 1 aromatic rings. The fourth-order valence-electron chi connectivity index (χ4n) is 1.20. The molecule has 0 spiro atoms. The lowest BCUT2D eigenvalue weighted by molar-refractivity contribution is 0.350. The standard InChI is InChI=1S/C11H15NO3S2/c1-2-6-17(14,15)12-8-11-7-10(9-16-11)4-3-5-13/h7,9,12-13H,2,5-6,8H2,1H3. The highest BCUT2D eigenvalue weighted by atomic mass is 32.2. The molecule has 0 fully saturated rings. The van der Waals surface area contributed by atoms with Gasteiger partial charge in [0.15, 0.2) is 0 Å². The third kappa shape index (κ3) is 5.33. The van der Waals surface area contributed by atoms with E-state index in [-0.39, 0.29) is 12.4 Å². The van der Waals surface area contributed by atoms with Crippen LogP contribution in [0.5, 0.6) is 0 Å². The molecule has 1 aromatic heterocycles. The summed E-state index contributed by atoms with van der Waals surface area (Å²) in [6.45, 7) is 1.95.